The highest BCUT2D eigenvalue weighted by atomic mass is 16.5. The summed E-state index contributed by atoms with van der Waals surface area (Å²) in [5.74, 6) is 0.733. The number of carbonyl (C=O) groups is 1. The van der Waals surface area contributed by atoms with Gasteiger partial charge in [-0.1, -0.05) is 6.07 Å². The van der Waals surface area contributed by atoms with Gasteiger partial charge in [0.25, 0.3) is 6.47 Å². The molecule has 0 aliphatic carbocycles. The number of carboxylic acid groups (broad SMARTS) is 1. The number of likely N-dealkylation sites (tertiary alicyclic amines) is 1. The van der Waals surface area contributed by atoms with Crippen molar-refractivity contribution in [2.75, 3.05) is 25.5 Å². The van der Waals surface area contributed by atoms with Gasteiger partial charge in [-0.3, -0.25) is 9.69 Å². The maximum atomic E-state index is 8.86. The largest absolute Gasteiger partial charge is 0.483 e. The summed E-state index contributed by atoms with van der Waals surface area (Å²) >= 11 is 0. The van der Waals surface area contributed by atoms with Crippen molar-refractivity contribution in [1.82, 2.24) is 9.88 Å². The highest BCUT2D eigenvalue weighted by Crippen LogP contribution is 2.19. The molecule has 1 aliphatic rings. The molecule has 0 amide bonds. The van der Waals surface area contributed by atoms with Crippen LogP contribution in [-0.4, -0.2) is 59.8 Å². The fourth-order valence-electron chi connectivity index (χ4n) is 2.37. The Morgan fingerprint density at radius 3 is 2.77 bits per heavy atom. The van der Waals surface area contributed by atoms with Gasteiger partial charge in [0.05, 0.1) is 12.1 Å². The molecule has 120 valence electrons. The van der Waals surface area contributed by atoms with E-state index >= 15 is 0 Å². The van der Waals surface area contributed by atoms with Crippen molar-refractivity contribution >= 4 is 12.3 Å². The van der Waals surface area contributed by atoms with Crippen LogP contribution in [0.5, 0.6) is 0 Å². The molecule has 7 nitrogen and oxygen atoms in total. The number of nitrogens with one attached hydrogen (secondary N) is 1. The second kappa shape index (κ2) is 8.97. The fourth-order valence-corrected chi connectivity index (χ4v) is 2.37. The van der Waals surface area contributed by atoms with Gasteiger partial charge in [-0.25, -0.2) is 4.98 Å². The number of hydrogen-bond acceptors (Lipinski definition) is 6. The molecule has 7 heteroatoms. The predicted molar refractivity (Wildman–Crippen MR) is 82.6 cm³/mol. The smallest absolute Gasteiger partial charge is 0.290 e. The van der Waals surface area contributed by atoms with Crippen molar-refractivity contribution in [3.63, 3.8) is 0 Å². The number of nitriles is 1. The summed E-state index contributed by atoms with van der Waals surface area (Å²) in [5.41, 5.74) is 0.428. The minimum Gasteiger partial charge on any atom is -0.483 e. The van der Waals surface area contributed by atoms with Crippen LogP contribution in [-0.2, 0) is 9.53 Å². The van der Waals surface area contributed by atoms with Gasteiger partial charge in [-0.05, 0) is 26.0 Å². The third-order valence-corrected chi connectivity index (χ3v) is 3.52. The summed E-state index contributed by atoms with van der Waals surface area (Å²) in [6.07, 6.45) is 0.148. The van der Waals surface area contributed by atoms with Gasteiger partial charge in [0, 0.05) is 26.2 Å². The van der Waals surface area contributed by atoms with E-state index in [0.717, 1.165) is 18.9 Å². The number of hydrogen-bond donors (Lipinski definition) is 2. The number of pyridine rings is 1. The number of anilines is 1. The van der Waals surface area contributed by atoms with E-state index in [1.54, 1.807) is 13.2 Å². The lowest BCUT2D eigenvalue weighted by molar-refractivity contribution is -0.122. The molecule has 22 heavy (non-hydrogen) atoms. The molecule has 1 aliphatic heterocycles. The van der Waals surface area contributed by atoms with E-state index in [1.165, 1.54) is 0 Å². The van der Waals surface area contributed by atoms with Gasteiger partial charge >= 0.3 is 0 Å². The maximum absolute atomic E-state index is 8.86. The normalized spacial score (nSPS) is 20.9. The van der Waals surface area contributed by atoms with Gasteiger partial charge in [0.15, 0.2) is 0 Å². The maximum Gasteiger partial charge on any atom is 0.290 e. The Bertz CT molecular complexity index is 516. The Morgan fingerprint density at radius 2 is 2.23 bits per heavy atom. The summed E-state index contributed by atoms with van der Waals surface area (Å²) < 4.78 is 5.54. The summed E-state index contributed by atoms with van der Waals surface area (Å²) in [7, 11) is 1.74. The van der Waals surface area contributed by atoms with Crippen LogP contribution in [0.2, 0.25) is 0 Å². The Kier molecular flexibility index (Phi) is 7.29. The van der Waals surface area contributed by atoms with Crippen LogP contribution in [0, 0.1) is 11.3 Å². The van der Waals surface area contributed by atoms with Crippen molar-refractivity contribution in [1.29, 1.82) is 5.26 Å². The number of methoxy groups -OCH3 is 1. The molecule has 0 saturated carbocycles. The van der Waals surface area contributed by atoms with Gasteiger partial charge in [-0.15, -0.1) is 0 Å². The molecule has 0 radical (unpaired) electrons. The second-order valence-corrected chi connectivity index (χ2v) is 5.20. The van der Waals surface area contributed by atoms with Crippen LogP contribution in [0.25, 0.3) is 0 Å². The van der Waals surface area contributed by atoms with Crippen LogP contribution < -0.4 is 5.32 Å². The Morgan fingerprint density at radius 1 is 1.55 bits per heavy atom. The van der Waals surface area contributed by atoms with Crippen LogP contribution >= 0.6 is 0 Å². The summed E-state index contributed by atoms with van der Waals surface area (Å²) in [5, 5.41) is 19.1. The first-order chi connectivity index (χ1) is 10.5. The molecule has 0 bridgehead atoms. The zero-order valence-electron chi connectivity index (χ0n) is 13.1. The molecule has 0 spiro atoms. The van der Waals surface area contributed by atoms with E-state index in [-0.39, 0.29) is 18.6 Å². The van der Waals surface area contributed by atoms with Crippen molar-refractivity contribution in [2.24, 2.45) is 0 Å². The van der Waals surface area contributed by atoms with E-state index in [9.17, 15) is 0 Å². The molecular formula is C15H22N4O3. The van der Waals surface area contributed by atoms with Crippen LogP contribution in [0.15, 0.2) is 18.2 Å². The Labute approximate surface area is 130 Å². The first kappa shape index (κ1) is 17.9. The average Bonchev–Trinajstić information content (AvgIpc) is 2.91. The average molecular weight is 306 g/mol. The lowest BCUT2D eigenvalue weighted by atomic mass is 10.2. The first-order valence-electron chi connectivity index (χ1n) is 7.04. The van der Waals surface area contributed by atoms with Gasteiger partial charge in [-0.2, -0.15) is 5.26 Å². The highest BCUT2D eigenvalue weighted by Gasteiger charge is 2.34. The summed E-state index contributed by atoms with van der Waals surface area (Å²) in [6.45, 7) is 5.96. The fraction of sp³-hybridized carbons (Fsp3) is 0.533. The lowest BCUT2D eigenvalue weighted by Gasteiger charge is -2.20. The Hall–Kier alpha value is -2.17. The van der Waals surface area contributed by atoms with E-state index < -0.39 is 0 Å². The monoisotopic (exact) mass is 306 g/mol. The second-order valence-electron chi connectivity index (χ2n) is 5.20. The minimum atomic E-state index is -0.250. The Balaban J connectivity index is 0.000000745. The highest BCUT2D eigenvalue weighted by molar-refractivity contribution is 5.40. The van der Waals surface area contributed by atoms with Crippen LogP contribution in [0.4, 0.5) is 5.82 Å². The standard InChI is InChI=1S/C14H20N4O.CH2O2/c1-10(2)18-8-12(13(9-18)19-3)17-14-6-4-5-11(7-15)16-14;2-1-3/h4-6,10,12-13H,8-9H2,1-3H3,(H,16,17);1H,(H,2,3)/t12-,13-;/m0./s1. The molecule has 0 unspecified atom stereocenters. The number of aromatic nitrogens is 1. The van der Waals surface area contributed by atoms with Crippen molar-refractivity contribution < 1.29 is 14.6 Å². The van der Waals surface area contributed by atoms with Crippen molar-refractivity contribution in [2.45, 2.75) is 32.0 Å². The first-order valence-corrected chi connectivity index (χ1v) is 7.04. The molecule has 2 N–H and O–H groups in total. The minimum absolute atomic E-state index is 0.148. The van der Waals surface area contributed by atoms with Crippen LogP contribution in [0.3, 0.4) is 0 Å². The summed E-state index contributed by atoms with van der Waals surface area (Å²) in [6, 6.07) is 8.18. The third-order valence-electron chi connectivity index (χ3n) is 3.52. The number of nitrogens with zero attached hydrogens (tertiary/aromatic N) is 3. The zero-order valence-corrected chi connectivity index (χ0v) is 13.1. The quantitative estimate of drug-likeness (QED) is 0.806. The number of ether oxygens (including phenoxy) is 1. The van der Waals surface area contributed by atoms with Crippen LogP contribution in [0.1, 0.15) is 19.5 Å². The van der Waals surface area contributed by atoms with E-state index in [1.807, 2.05) is 12.1 Å². The lowest BCUT2D eigenvalue weighted by Crippen LogP contribution is -2.34. The van der Waals surface area contributed by atoms with Gasteiger partial charge in [0.1, 0.15) is 17.6 Å². The van der Waals surface area contributed by atoms with Gasteiger partial charge in [0.2, 0.25) is 0 Å². The van der Waals surface area contributed by atoms with Crippen molar-refractivity contribution in [3.05, 3.63) is 23.9 Å². The molecular weight excluding hydrogens is 284 g/mol. The van der Waals surface area contributed by atoms with E-state index in [4.69, 9.17) is 19.9 Å². The molecule has 2 heterocycles. The van der Waals surface area contributed by atoms with Crippen molar-refractivity contribution in [3.8, 4) is 6.07 Å². The van der Waals surface area contributed by atoms with Gasteiger partial charge < -0.3 is 15.2 Å². The topological polar surface area (TPSA) is 98.5 Å². The molecule has 0 aromatic carbocycles. The predicted octanol–water partition coefficient (Wildman–Crippen LogP) is 1.17. The summed E-state index contributed by atoms with van der Waals surface area (Å²) in [4.78, 5) is 15.0. The molecule has 1 saturated heterocycles. The molecule has 1 fully saturated rings. The van der Waals surface area contributed by atoms with E-state index in [2.05, 4.69) is 35.1 Å². The molecule has 1 aromatic heterocycles. The molecule has 2 rings (SSSR count). The third kappa shape index (κ3) is 4.98. The molecule has 2 atom stereocenters. The molecule has 1 aromatic rings. The van der Waals surface area contributed by atoms with E-state index in [0.29, 0.717) is 11.7 Å². The zero-order chi connectivity index (χ0) is 16.5. The number of rotatable bonds is 4. The SMILES string of the molecule is CO[C@H]1CN(C(C)C)C[C@@H]1Nc1cccc(C#N)n1.O=CO.